The maximum atomic E-state index is 6.19. The fourth-order valence-electron chi connectivity index (χ4n) is 3.39. The van der Waals surface area contributed by atoms with Crippen LogP contribution >= 0.6 is 0 Å². The summed E-state index contributed by atoms with van der Waals surface area (Å²) in [6, 6.07) is 0.554. The minimum Gasteiger partial charge on any atom is -0.377 e. The van der Waals surface area contributed by atoms with Crippen molar-refractivity contribution < 1.29 is 4.74 Å². The topological polar surface area (TPSA) is 21.3 Å². The molecule has 106 valence electrons. The van der Waals surface area contributed by atoms with Gasteiger partial charge >= 0.3 is 0 Å². The van der Waals surface area contributed by atoms with Crippen molar-refractivity contribution in [1.29, 1.82) is 0 Å². The number of nitrogens with one attached hydrogen (secondary N) is 1. The van der Waals surface area contributed by atoms with E-state index in [-0.39, 0.29) is 0 Å². The molecule has 2 unspecified atom stereocenters. The maximum absolute atomic E-state index is 6.19. The highest BCUT2D eigenvalue weighted by Crippen LogP contribution is 2.39. The molecule has 0 aromatic rings. The standard InChI is InChI=1S/C16H31NO/c1-4-11-17-15-14(8-10-16(15,2)3)18-12-9-13-6-5-7-13/h13-15,17H,4-12H2,1-3H3. The molecule has 2 nitrogen and oxygen atoms in total. The van der Waals surface area contributed by atoms with Crippen molar-refractivity contribution in [1.82, 2.24) is 5.32 Å². The molecule has 0 saturated heterocycles. The number of rotatable bonds is 7. The molecule has 2 aliphatic rings. The minimum atomic E-state index is 0.399. The van der Waals surface area contributed by atoms with Crippen LogP contribution < -0.4 is 5.32 Å². The van der Waals surface area contributed by atoms with Gasteiger partial charge in [-0.25, -0.2) is 0 Å². The highest BCUT2D eigenvalue weighted by molar-refractivity contribution is 4.97. The lowest BCUT2D eigenvalue weighted by molar-refractivity contribution is 0.0152. The average molecular weight is 253 g/mol. The van der Waals surface area contributed by atoms with Gasteiger partial charge in [0.15, 0.2) is 0 Å². The molecule has 0 spiro atoms. The van der Waals surface area contributed by atoms with E-state index < -0.39 is 0 Å². The first-order chi connectivity index (χ1) is 8.63. The Hall–Kier alpha value is -0.0800. The van der Waals surface area contributed by atoms with Crippen LogP contribution in [-0.2, 0) is 4.74 Å². The van der Waals surface area contributed by atoms with Crippen LogP contribution in [0.2, 0.25) is 0 Å². The van der Waals surface area contributed by atoms with Crippen LogP contribution in [0.5, 0.6) is 0 Å². The third-order valence-electron chi connectivity index (χ3n) is 4.98. The van der Waals surface area contributed by atoms with Crippen LogP contribution in [0.1, 0.15) is 65.7 Å². The fraction of sp³-hybridized carbons (Fsp3) is 1.00. The molecule has 0 bridgehead atoms. The molecule has 0 heterocycles. The van der Waals surface area contributed by atoms with E-state index in [1.165, 1.54) is 44.9 Å². The van der Waals surface area contributed by atoms with Crippen LogP contribution in [0.25, 0.3) is 0 Å². The zero-order chi connectivity index (χ0) is 13.0. The highest BCUT2D eigenvalue weighted by atomic mass is 16.5. The van der Waals surface area contributed by atoms with Crippen molar-refractivity contribution in [3.8, 4) is 0 Å². The van der Waals surface area contributed by atoms with Gasteiger partial charge in [0.2, 0.25) is 0 Å². The van der Waals surface area contributed by atoms with Crippen molar-refractivity contribution in [2.45, 2.75) is 77.9 Å². The monoisotopic (exact) mass is 253 g/mol. The van der Waals surface area contributed by atoms with Crippen molar-refractivity contribution in [2.24, 2.45) is 11.3 Å². The summed E-state index contributed by atoms with van der Waals surface area (Å²) in [4.78, 5) is 0. The van der Waals surface area contributed by atoms with Gasteiger partial charge in [-0.3, -0.25) is 0 Å². The third-order valence-corrected chi connectivity index (χ3v) is 4.98. The molecule has 2 fully saturated rings. The second kappa shape index (κ2) is 6.38. The molecule has 18 heavy (non-hydrogen) atoms. The summed E-state index contributed by atoms with van der Waals surface area (Å²) >= 11 is 0. The summed E-state index contributed by atoms with van der Waals surface area (Å²) in [6.07, 6.45) is 9.81. The number of hydrogen-bond donors (Lipinski definition) is 1. The molecule has 2 atom stereocenters. The van der Waals surface area contributed by atoms with Crippen molar-refractivity contribution >= 4 is 0 Å². The molecule has 0 amide bonds. The summed E-state index contributed by atoms with van der Waals surface area (Å²) in [5.74, 6) is 0.974. The van der Waals surface area contributed by atoms with Crippen molar-refractivity contribution in [2.75, 3.05) is 13.2 Å². The van der Waals surface area contributed by atoms with Gasteiger partial charge in [-0.2, -0.15) is 0 Å². The molecule has 2 rings (SSSR count). The summed E-state index contributed by atoms with van der Waals surface area (Å²) in [7, 11) is 0. The number of hydrogen-bond acceptors (Lipinski definition) is 2. The average Bonchev–Trinajstić information content (AvgIpc) is 2.55. The van der Waals surface area contributed by atoms with Crippen LogP contribution in [0.15, 0.2) is 0 Å². The first-order valence-corrected chi connectivity index (χ1v) is 7.98. The Bertz CT molecular complexity index is 247. The lowest BCUT2D eigenvalue weighted by atomic mass is 9.83. The molecule has 0 aromatic heterocycles. The first-order valence-electron chi connectivity index (χ1n) is 7.98. The SMILES string of the molecule is CCCNC1C(OCCC2CCC2)CCC1(C)C. The van der Waals surface area contributed by atoms with Crippen molar-refractivity contribution in [3.63, 3.8) is 0 Å². The van der Waals surface area contributed by atoms with Crippen molar-refractivity contribution in [3.05, 3.63) is 0 Å². The van der Waals surface area contributed by atoms with Crippen LogP contribution in [0, 0.1) is 11.3 Å². The van der Waals surface area contributed by atoms with Gasteiger partial charge in [0.25, 0.3) is 0 Å². The van der Waals surface area contributed by atoms with E-state index in [2.05, 4.69) is 26.1 Å². The molecule has 0 radical (unpaired) electrons. The van der Waals surface area contributed by atoms with E-state index in [0.717, 1.165) is 19.1 Å². The Balaban J connectivity index is 1.74. The van der Waals surface area contributed by atoms with Gasteiger partial charge in [0, 0.05) is 12.6 Å². The van der Waals surface area contributed by atoms with Crippen LogP contribution in [0.3, 0.4) is 0 Å². The van der Waals surface area contributed by atoms with E-state index in [0.29, 0.717) is 17.6 Å². The van der Waals surface area contributed by atoms with Crippen LogP contribution in [0.4, 0.5) is 0 Å². The summed E-state index contributed by atoms with van der Waals surface area (Å²) in [6.45, 7) is 9.11. The Morgan fingerprint density at radius 1 is 1.22 bits per heavy atom. The largest absolute Gasteiger partial charge is 0.377 e. The molecule has 2 aliphatic carbocycles. The van der Waals surface area contributed by atoms with E-state index in [4.69, 9.17) is 4.74 Å². The minimum absolute atomic E-state index is 0.399. The first kappa shape index (κ1) is 14.3. The van der Waals surface area contributed by atoms with E-state index in [9.17, 15) is 0 Å². The normalized spacial score (nSPS) is 31.5. The van der Waals surface area contributed by atoms with E-state index in [1.807, 2.05) is 0 Å². The molecule has 0 aliphatic heterocycles. The lowest BCUT2D eigenvalue weighted by Gasteiger charge is -2.32. The second-order valence-electron chi connectivity index (χ2n) is 6.95. The van der Waals surface area contributed by atoms with Gasteiger partial charge in [0.1, 0.15) is 0 Å². The van der Waals surface area contributed by atoms with Gasteiger partial charge in [-0.15, -0.1) is 0 Å². The van der Waals surface area contributed by atoms with Crippen LogP contribution in [-0.4, -0.2) is 25.3 Å². The predicted molar refractivity (Wildman–Crippen MR) is 76.8 cm³/mol. The Labute approximate surface area is 113 Å². The van der Waals surface area contributed by atoms with E-state index >= 15 is 0 Å². The molecular formula is C16H31NO. The lowest BCUT2D eigenvalue weighted by Crippen LogP contribution is -2.46. The second-order valence-corrected chi connectivity index (χ2v) is 6.95. The van der Waals surface area contributed by atoms with Gasteiger partial charge < -0.3 is 10.1 Å². The van der Waals surface area contributed by atoms with Gasteiger partial charge in [-0.1, -0.05) is 40.0 Å². The third kappa shape index (κ3) is 3.48. The van der Waals surface area contributed by atoms with Gasteiger partial charge in [0.05, 0.1) is 6.10 Å². The summed E-state index contributed by atoms with van der Waals surface area (Å²) in [5, 5.41) is 3.71. The fourth-order valence-corrected chi connectivity index (χ4v) is 3.39. The highest BCUT2D eigenvalue weighted by Gasteiger charge is 2.42. The molecule has 2 heteroatoms. The summed E-state index contributed by atoms with van der Waals surface area (Å²) in [5.41, 5.74) is 0.399. The predicted octanol–water partition coefficient (Wildman–Crippen LogP) is 3.75. The molecular weight excluding hydrogens is 222 g/mol. The Kier molecular flexibility index (Phi) is 5.08. The zero-order valence-electron chi connectivity index (χ0n) is 12.5. The molecule has 0 aromatic carbocycles. The van der Waals surface area contributed by atoms with E-state index in [1.54, 1.807) is 0 Å². The maximum Gasteiger partial charge on any atom is 0.0733 e. The summed E-state index contributed by atoms with van der Waals surface area (Å²) < 4.78 is 6.19. The Morgan fingerprint density at radius 3 is 2.61 bits per heavy atom. The molecule has 1 N–H and O–H groups in total. The zero-order valence-corrected chi connectivity index (χ0v) is 12.5. The van der Waals surface area contributed by atoms with Gasteiger partial charge in [-0.05, 0) is 43.6 Å². The molecule has 2 saturated carbocycles. The Morgan fingerprint density at radius 2 is 2.00 bits per heavy atom. The smallest absolute Gasteiger partial charge is 0.0733 e. The number of ether oxygens (including phenoxy) is 1. The quantitative estimate of drug-likeness (QED) is 0.746.